The standard InChI is InChI=1S/C19H21NO4/c1-10-5-4-6-12(7-10)13-9-15(21)20-14-8-11(2)16(19(23)24-3)18(22)17(13)14/h4-7,11,13,16H,8-9H2,1-3H3,(H,20,21)/t11-,13+,16-/m1/s1. The van der Waals surface area contributed by atoms with Gasteiger partial charge in [0.25, 0.3) is 0 Å². The number of ketones is 1. The van der Waals surface area contributed by atoms with Crippen molar-refractivity contribution in [3.63, 3.8) is 0 Å². The first-order valence-corrected chi connectivity index (χ1v) is 8.14. The highest BCUT2D eigenvalue weighted by Crippen LogP contribution is 2.42. The maximum Gasteiger partial charge on any atom is 0.316 e. The number of benzene rings is 1. The van der Waals surface area contributed by atoms with Crippen LogP contribution in [0.25, 0.3) is 0 Å². The van der Waals surface area contributed by atoms with E-state index in [4.69, 9.17) is 4.74 Å². The maximum absolute atomic E-state index is 13.0. The van der Waals surface area contributed by atoms with Crippen molar-refractivity contribution in [3.8, 4) is 0 Å². The predicted octanol–water partition coefficient (Wildman–Crippen LogP) is 2.25. The zero-order valence-corrected chi connectivity index (χ0v) is 14.1. The van der Waals surface area contributed by atoms with Gasteiger partial charge in [-0.1, -0.05) is 36.8 Å². The summed E-state index contributed by atoms with van der Waals surface area (Å²) in [7, 11) is 1.30. The Balaban J connectivity index is 2.08. The molecule has 5 nitrogen and oxygen atoms in total. The van der Waals surface area contributed by atoms with Gasteiger partial charge in [-0.3, -0.25) is 14.4 Å². The highest BCUT2D eigenvalue weighted by molar-refractivity contribution is 6.11. The lowest BCUT2D eigenvalue weighted by Gasteiger charge is -2.36. The number of rotatable bonds is 2. The van der Waals surface area contributed by atoms with Crippen LogP contribution in [0.4, 0.5) is 0 Å². The van der Waals surface area contributed by atoms with E-state index in [1.165, 1.54) is 7.11 Å². The summed E-state index contributed by atoms with van der Waals surface area (Å²) in [5, 5.41) is 2.84. The monoisotopic (exact) mass is 327 g/mol. The average Bonchev–Trinajstić information content (AvgIpc) is 2.53. The summed E-state index contributed by atoms with van der Waals surface area (Å²) in [6.45, 7) is 3.81. The van der Waals surface area contributed by atoms with E-state index in [-0.39, 0.29) is 29.9 Å². The van der Waals surface area contributed by atoms with Gasteiger partial charge >= 0.3 is 5.97 Å². The normalized spacial score (nSPS) is 26.7. The average molecular weight is 327 g/mol. The maximum atomic E-state index is 13.0. The number of ether oxygens (including phenoxy) is 1. The second-order valence-corrected chi connectivity index (χ2v) is 6.66. The fourth-order valence-electron chi connectivity index (χ4n) is 3.77. The van der Waals surface area contributed by atoms with Crippen LogP contribution < -0.4 is 5.32 Å². The van der Waals surface area contributed by atoms with Crippen molar-refractivity contribution in [2.45, 2.75) is 32.6 Å². The summed E-state index contributed by atoms with van der Waals surface area (Å²) >= 11 is 0. The zero-order valence-electron chi connectivity index (χ0n) is 14.1. The number of hydrogen-bond acceptors (Lipinski definition) is 4. The molecular weight excluding hydrogens is 306 g/mol. The topological polar surface area (TPSA) is 72.5 Å². The SMILES string of the molecule is COC(=O)[C@H]1C(=O)C2=C(C[C@H]1C)NC(=O)C[C@H]2c1cccc(C)c1. The van der Waals surface area contributed by atoms with E-state index in [2.05, 4.69) is 5.32 Å². The van der Waals surface area contributed by atoms with Crippen LogP contribution in [-0.4, -0.2) is 24.8 Å². The van der Waals surface area contributed by atoms with E-state index in [0.717, 1.165) is 11.1 Å². The Morgan fingerprint density at radius 3 is 2.67 bits per heavy atom. The Morgan fingerprint density at radius 1 is 1.25 bits per heavy atom. The number of carbonyl (C=O) groups is 3. The van der Waals surface area contributed by atoms with Gasteiger partial charge in [-0.25, -0.2) is 0 Å². The minimum absolute atomic E-state index is 0.0863. The highest BCUT2D eigenvalue weighted by Gasteiger charge is 2.45. The predicted molar refractivity (Wildman–Crippen MR) is 88.0 cm³/mol. The number of aryl methyl sites for hydroxylation is 1. The van der Waals surface area contributed by atoms with E-state index in [1.807, 2.05) is 38.1 Å². The van der Waals surface area contributed by atoms with E-state index in [1.54, 1.807) is 0 Å². The lowest BCUT2D eigenvalue weighted by Crippen LogP contribution is -2.44. The molecule has 1 heterocycles. The Kier molecular flexibility index (Phi) is 4.26. The lowest BCUT2D eigenvalue weighted by atomic mass is 9.70. The van der Waals surface area contributed by atoms with Gasteiger partial charge in [0.05, 0.1) is 7.11 Å². The van der Waals surface area contributed by atoms with Crippen molar-refractivity contribution in [1.82, 2.24) is 5.32 Å². The smallest absolute Gasteiger partial charge is 0.316 e. The van der Waals surface area contributed by atoms with Crippen LogP contribution in [0.2, 0.25) is 0 Å². The van der Waals surface area contributed by atoms with E-state index in [9.17, 15) is 14.4 Å². The van der Waals surface area contributed by atoms with Gasteiger partial charge in [0.2, 0.25) is 5.91 Å². The molecule has 2 aliphatic rings. The molecule has 1 N–H and O–H groups in total. The molecule has 0 unspecified atom stereocenters. The Morgan fingerprint density at radius 2 is 2.00 bits per heavy atom. The van der Waals surface area contributed by atoms with Crippen LogP contribution in [0.5, 0.6) is 0 Å². The number of nitrogens with one attached hydrogen (secondary N) is 1. The number of allylic oxidation sites excluding steroid dienone is 2. The molecule has 1 aromatic rings. The Labute approximate surface area is 141 Å². The molecule has 1 aliphatic heterocycles. The third kappa shape index (κ3) is 2.75. The van der Waals surface area contributed by atoms with Gasteiger partial charge in [-0.2, -0.15) is 0 Å². The molecule has 1 amide bonds. The fraction of sp³-hybridized carbons (Fsp3) is 0.421. The van der Waals surface area contributed by atoms with Crippen molar-refractivity contribution in [1.29, 1.82) is 0 Å². The molecule has 126 valence electrons. The molecule has 0 bridgehead atoms. The van der Waals surface area contributed by atoms with Gasteiger partial charge in [0.1, 0.15) is 5.92 Å². The number of hydrogen-bond donors (Lipinski definition) is 1. The molecule has 0 aromatic heterocycles. The third-order valence-corrected chi connectivity index (χ3v) is 4.90. The van der Waals surface area contributed by atoms with Crippen LogP contribution in [-0.2, 0) is 19.1 Å². The minimum atomic E-state index is -0.795. The summed E-state index contributed by atoms with van der Waals surface area (Å²) < 4.78 is 4.82. The molecule has 5 heteroatoms. The number of methoxy groups -OCH3 is 1. The molecule has 0 fully saturated rings. The number of esters is 1. The molecule has 1 aliphatic carbocycles. The van der Waals surface area contributed by atoms with Crippen LogP contribution >= 0.6 is 0 Å². The van der Waals surface area contributed by atoms with Gasteiger partial charge in [-0.05, 0) is 24.8 Å². The van der Waals surface area contributed by atoms with Crippen LogP contribution in [0.1, 0.15) is 36.8 Å². The van der Waals surface area contributed by atoms with Crippen molar-refractivity contribution >= 4 is 17.7 Å². The van der Waals surface area contributed by atoms with Gasteiger partial charge in [0, 0.05) is 23.6 Å². The molecule has 0 spiro atoms. The van der Waals surface area contributed by atoms with Crippen LogP contribution in [0.3, 0.4) is 0 Å². The molecule has 0 saturated carbocycles. The highest BCUT2D eigenvalue weighted by atomic mass is 16.5. The van der Waals surface area contributed by atoms with Gasteiger partial charge in [-0.15, -0.1) is 0 Å². The molecule has 0 radical (unpaired) electrons. The second-order valence-electron chi connectivity index (χ2n) is 6.66. The van der Waals surface area contributed by atoms with Crippen molar-refractivity contribution < 1.29 is 19.1 Å². The summed E-state index contributed by atoms with van der Waals surface area (Å²) in [4.78, 5) is 37.2. The molecule has 1 aromatic carbocycles. The third-order valence-electron chi connectivity index (χ3n) is 4.90. The summed E-state index contributed by atoms with van der Waals surface area (Å²) in [6.07, 6.45) is 0.713. The van der Waals surface area contributed by atoms with Crippen LogP contribution in [0.15, 0.2) is 35.5 Å². The Bertz CT molecular complexity index is 749. The quantitative estimate of drug-likeness (QED) is 0.668. The number of carbonyl (C=O) groups excluding carboxylic acids is 3. The van der Waals surface area contributed by atoms with E-state index < -0.39 is 11.9 Å². The largest absolute Gasteiger partial charge is 0.468 e. The summed E-state index contributed by atoms with van der Waals surface area (Å²) in [6, 6.07) is 7.82. The first kappa shape index (κ1) is 16.4. The Hall–Kier alpha value is -2.43. The summed E-state index contributed by atoms with van der Waals surface area (Å²) in [5.41, 5.74) is 3.23. The zero-order chi connectivity index (χ0) is 17.4. The van der Waals surface area contributed by atoms with E-state index >= 15 is 0 Å². The number of amides is 1. The molecular formula is C19H21NO4. The van der Waals surface area contributed by atoms with Gasteiger partial charge in [0.15, 0.2) is 5.78 Å². The minimum Gasteiger partial charge on any atom is -0.468 e. The lowest BCUT2D eigenvalue weighted by molar-refractivity contribution is -0.151. The van der Waals surface area contributed by atoms with Crippen molar-refractivity contribution in [3.05, 3.63) is 46.7 Å². The second kappa shape index (κ2) is 6.23. The van der Waals surface area contributed by atoms with Crippen molar-refractivity contribution in [2.24, 2.45) is 11.8 Å². The molecule has 3 atom stereocenters. The van der Waals surface area contributed by atoms with Gasteiger partial charge < -0.3 is 10.1 Å². The fourth-order valence-corrected chi connectivity index (χ4v) is 3.77. The van der Waals surface area contributed by atoms with Crippen LogP contribution in [0, 0.1) is 18.8 Å². The first-order chi connectivity index (χ1) is 11.4. The van der Waals surface area contributed by atoms with Crippen molar-refractivity contribution in [2.75, 3.05) is 7.11 Å². The van der Waals surface area contributed by atoms with E-state index in [0.29, 0.717) is 17.7 Å². The number of Topliss-reactive ketones (excluding diaryl/α,β-unsaturated/α-hetero) is 1. The first-order valence-electron chi connectivity index (χ1n) is 8.14. The molecule has 24 heavy (non-hydrogen) atoms. The molecule has 0 saturated heterocycles. The molecule has 3 rings (SSSR count). The summed E-state index contributed by atoms with van der Waals surface area (Å²) in [5.74, 6) is -2.10.